The van der Waals surface area contributed by atoms with Crippen LogP contribution in [0.3, 0.4) is 0 Å². The van der Waals surface area contributed by atoms with Crippen molar-refractivity contribution in [1.82, 2.24) is 14.5 Å². The summed E-state index contributed by atoms with van der Waals surface area (Å²) < 4.78 is 1.79. The first-order valence-electron chi connectivity index (χ1n) is 10.8. The summed E-state index contributed by atoms with van der Waals surface area (Å²) >= 11 is 12.6. The van der Waals surface area contributed by atoms with Gasteiger partial charge in [0, 0.05) is 12.6 Å². The summed E-state index contributed by atoms with van der Waals surface area (Å²) in [7, 11) is 1.81. The number of fused-ring (bicyclic) bond motifs is 3. The van der Waals surface area contributed by atoms with E-state index in [0.29, 0.717) is 49.2 Å². The Balaban J connectivity index is 1.62. The number of para-hydroxylation sites is 1. The van der Waals surface area contributed by atoms with Gasteiger partial charge in [-0.15, -0.1) is 0 Å². The van der Waals surface area contributed by atoms with Crippen LogP contribution in [-0.2, 0) is 7.05 Å². The van der Waals surface area contributed by atoms with Crippen molar-refractivity contribution in [2.24, 2.45) is 7.05 Å². The predicted octanol–water partition coefficient (Wildman–Crippen LogP) is 5.86. The molecule has 3 aromatic carbocycles. The Bertz CT molecular complexity index is 1690. The summed E-state index contributed by atoms with van der Waals surface area (Å²) in [4.78, 5) is 20.7. The molecule has 3 N–H and O–H groups in total. The molecule has 0 saturated heterocycles. The zero-order valence-electron chi connectivity index (χ0n) is 18.9. The van der Waals surface area contributed by atoms with E-state index in [1.807, 2.05) is 56.4 Å². The summed E-state index contributed by atoms with van der Waals surface area (Å²) in [6.07, 6.45) is -1.14. The molecule has 6 nitrogen and oxygen atoms in total. The average Bonchev–Trinajstić information content (AvgIpc) is 3.17. The van der Waals surface area contributed by atoms with E-state index < -0.39 is 6.10 Å². The fourth-order valence-corrected chi connectivity index (χ4v) is 4.62. The van der Waals surface area contributed by atoms with Crippen molar-refractivity contribution in [2.45, 2.75) is 13.0 Å². The van der Waals surface area contributed by atoms with E-state index in [0.717, 1.165) is 11.1 Å². The molecular weight excluding hydrogens is 483 g/mol. The molecular formula is C27H20Cl2N4O2. The largest absolute Gasteiger partial charge is 0.374 e. The van der Waals surface area contributed by atoms with Crippen molar-refractivity contribution in [3.8, 4) is 11.8 Å². The van der Waals surface area contributed by atoms with Gasteiger partial charge in [0.15, 0.2) is 6.10 Å². The fraction of sp³-hybridized carbons (Fsp3) is 0.111. The number of H-pyrrole nitrogens is 1. The van der Waals surface area contributed by atoms with Gasteiger partial charge in [0.25, 0.3) is 5.56 Å². The fourth-order valence-electron chi connectivity index (χ4n) is 4.13. The number of nitrogens with zero attached hydrogens (tertiary/aromatic N) is 2. The second-order valence-corrected chi connectivity index (χ2v) is 8.92. The number of aliphatic hydroxyl groups excluding tert-OH is 1. The molecule has 0 amide bonds. The second-order valence-electron chi connectivity index (χ2n) is 8.10. The molecule has 5 rings (SSSR count). The molecule has 174 valence electrons. The van der Waals surface area contributed by atoms with Gasteiger partial charge in [-0.3, -0.25) is 4.79 Å². The van der Waals surface area contributed by atoms with Crippen LogP contribution in [-0.4, -0.2) is 19.6 Å². The van der Waals surface area contributed by atoms with E-state index in [1.54, 1.807) is 22.8 Å². The molecule has 0 bridgehead atoms. The highest BCUT2D eigenvalue weighted by Crippen LogP contribution is 2.34. The lowest BCUT2D eigenvalue weighted by atomic mass is 10.0. The van der Waals surface area contributed by atoms with Crippen molar-refractivity contribution in [1.29, 1.82) is 0 Å². The molecule has 2 aromatic heterocycles. The minimum absolute atomic E-state index is 0.336. The molecule has 0 aliphatic carbocycles. The Morgan fingerprint density at radius 1 is 1.06 bits per heavy atom. The number of anilines is 2. The highest BCUT2D eigenvalue weighted by atomic mass is 35.5. The van der Waals surface area contributed by atoms with Crippen molar-refractivity contribution < 1.29 is 5.11 Å². The van der Waals surface area contributed by atoms with Gasteiger partial charge in [0.05, 0.1) is 37.8 Å². The number of halogens is 2. The zero-order chi connectivity index (χ0) is 24.7. The average molecular weight is 503 g/mol. The van der Waals surface area contributed by atoms with Gasteiger partial charge in [0.1, 0.15) is 0 Å². The molecule has 0 fully saturated rings. The van der Waals surface area contributed by atoms with Gasteiger partial charge in [-0.05, 0) is 48.2 Å². The Kier molecular flexibility index (Phi) is 6.00. The summed E-state index contributed by atoms with van der Waals surface area (Å²) in [6.45, 7) is 1.85. The number of rotatable bonds is 3. The number of aryl methyl sites for hydroxylation is 2. The van der Waals surface area contributed by atoms with Crippen LogP contribution in [0.4, 0.5) is 11.6 Å². The van der Waals surface area contributed by atoms with Gasteiger partial charge in [-0.25, -0.2) is 4.98 Å². The monoisotopic (exact) mass is 502 g/mol. The van der Waals surface area contributed by atoms with Crippen molar-refractivity contribution >= 4 is 56.6 Å². The number of aromatic nitrogens is 3. The molecule has 1 unspecified atom stereocenters. The molecule has 0 radical (unpaired) electrons. The van der Waals surface area contributed by atoms with Gasteiger partial charge in [0.2, 0.25) is 5.95 Å². The molecule has 2 heterocycles. The quantitative estimate of drug-likeness (QED) is 0.270. The lowest BCUT2D eigenvalue weighted by Gasteiger charge is -2.12. The minimum atomic E-state index is -1.14. The number of aliphatic hydroxyl groups is 1. The molecule has 1 atom stereocenters. The van der Waals surface area contributed by atoms with Crippen LogP contribution in [0.2, 0.25) is 10.0 Å². The lowest BCUT2D eigenvalue weighted by Crippen LogP contribution is -2.15. The Morgan fingerprint density at radius 3 is 2.49 bits per heavy atom. The lowest BCUT2D eigenvalue weighted by molar-refractivity contribution is 0.232. The van der Waals surface area contributed by atoms with E-state index in [-0.39, 0.29) is 5.56 Å². The standard InChI is InChI=1S/C27H20Cl2N4O2/c1-15-17-12-13-20-25(33(2)27(30-20)32-24-18(28)9-6-10-19(24)29)22(17)26(35)31-23(15)21(34)14-11-16-7-4-3-5-8-16/h3-10,12-13,21,34H,1-2H3,(H,30,32)(H,31,35). The highest BCUT2D eigenvalue weighted by Gasteiger charge is 2.19. The second kappa shape index (κ2) is 9.12. The van der Waals surface area contributed by atoms with Crippen molar-refractivity contribution in [2.75, 3.05) is 5.32 Å². The highest BCUT2D eigenvalue weighted by molar-refractivity contribution is 6.39. The first-order chi connectivity index (χ1) is 16.8. The first kappa shape index (κ1) is 23.0. The van der Waals surface area contributed by atoms with Gasteiger partial charge in [-0.2, -0.15) is 0 Å². The summed E-state index contributed by atoms with van der Waals surface area (Å²) in [5.41, 5.74) is 3.36. The van der Waals surface area contributed by atoms with Crippen LogP contribution in [0.5, 0.6) is 0 Å². The van der Waals surface area contributed by atoms with Crippen LogP contribution in [0.1, 0.15) is 22.9 Å². The van der Waals surface area contributed by atoms with Gasteiger partial charge >= 0.3 is 0 Å². The molecule has 0 aliphatic heterocycles. The van der Waals surface area contributed by atoms with Crippen LogP contribution >= 0.6 is 23.2 Å². The number of imidazole rings is 1. The van der Waals surface area contributed by atoms with Crippen LogP contribution in [0.15, 0.2) is 65.5 Å². The predicted molar refractivity (Wildman–Crippen MR) is 142 cm³/mol. The number of nitrogens with one attached hydrogen (secondary N) is 2. The number of benzene rings is 3. The molecule has 0 spiro atoms. The zero-order valence-corrected chi connectivity index (χ0v) is 20.4. The summed E-state index contributed by atoms with van der Waals surface area (Å²) in [6, 6.07) is 18.3. The van der Waals surface area contributed by atoms with E-state index in [1.165, 1.54) is 0 Å². The molecule has 8 heteroatoms. The molecule has 5 aromatic rings. The summed E-state index contributed by atoms with van der Waals surface area (Å²) in [5.74, 6) is 6.25. The van der Waals surface area contributed by atoms with Crippen molar-refractivity contribution in [3.05, 3.63) is 97.9 Å². The third-order valence-corrected chi connectivity index (χ3v) is 6.55. The van der Waals surface area contributed by atoms with Crippen molar-refractivity contribution in [3.63, 3.8) is 0 Å². The first-order valence-corrected chi connectivity index (χ1v) is 11.6. The molecule has 0 aliphatic rings. The molecule has 35 heavy (non-hydrogen) atoms. The van der Waals surface area contributed by atoms with E-state index >= 15 is 0 Å². The smallest absolute Gasteiger partial charge is 0.258 e. The topological polar surface area (TPSA) is 82.9 Å². The number of hydrogen-bond donors (Lipinski definition) is 3. The minimum Gasteiger partial charge on any atom is -0.374 e. The Morgan fingerprint density at radius 2 is 1.77 bits per heavy atom. The third-order valence-electron chi connectivity index (χ3n) is 5.92. The van der Waals surface area contributed by atoms with Crippen LogP contribution in [0.25, 0.3) is 21.8 Å². The van der Waals surface area contributed by atoms with E-state index in [9.17, 15) is 9.90 Å². The Labute approximate surface area is 211 Å². The molecule has 0 saturated carbocycles. The van der Waals surface area contributed by atoms with Crippen LogP contribution in [0, 0.1) is 18.8 Å². The Hall–Kier alpha value is -3.76. The number of aromatic amines is 1. The van der Waals surface area contributed by atoms with Gasteiger partial charge in [-0.1, -0.05) is 65.4 Å². The van der Waals surface area contributed by atoms with E-state index in [4.69, 9.17) is 23.2 Å². The normalized spacial score (nSPS) is 11.9. The van der Waals surface area contributed by atoms with Crippen LogP contribution < -0.4 is 10.9 Å². The maximum Gasteiger partial charge on any atom is 0.258 e. The number of hydrogen-bond acceptors (Lipinski definition) is 4. The maximum atomic E-state index is 13.3. The SMILES string of the molecule is Cc1c(C(O)C#Cc2ccccc2)[nH]c(=O)c2c1ccc1nc(Nc3c(Cl)cccc3Cl)n(C)c12. The summed E-state index contributed by atoms with van der Waals surface area (Å²) in [5, 5.41) is 16.0. The third kappa shape index (κ3) is 4.15. The maximum absolute atomic E-state index is 13.3. The number of pyridine rings is 1. The van der Waals surface area contributed by atoms with E-state index in [2.05, 4.69) is 27.1 Å². The van der Waals surface area contributed by atoms with Gasteiger partial charge < -0.3 is 20.0 Å².